The molecular weight excluding hydrogens is 218 g/mol. The van der Waals surface area contributed by atoms with Crippen molar-refractivity contribution < 1.29 is 10.0 Å². The van der Waals surface area contributed by atoms with Gasteiger partial charge in [-0.2, -0.15) is 0 Å². The lowest BCUT2D eigenvalue weighted by Crippen LogP contribution is -2.46. The van der Waals surface area contributed by atoms with Crippen LogP contribution in [0.5, 0.6) is 0 Å². The second-order valence-electron chi connectivity index (χ2n) is 5.82. The average molecular weight is 237 g/mol. The van der Waals surface area contributed by atoms with E-state index < -0.39 is 5.41 Å². The highest BCUT2D eigenvalue weighted by Crippen LogP contribution is 2.48. The van der Waals surface area contributed by atoms with E-state index >= 15 is 0 Å². The van der Waals surface area contributed by atoms with Gasteiger partial charge in [0.15, 0.2) is 5.84 Å². The van der Waals surface area contributed by atoms with Crippen LogP contribution < -0.4 is 11.1 Å². The molecule has 3 unspecified atom stereocenters. The smallest absolute Gasteiger partial charge is 0.234 e. The van der Waals surface area contributed by atoms with Crippen LogP contribution >= 0.6 is 0 Å². The molecule has 1 amide bonds. The molecule has 0 heterocycles. The number of nitrogens with zero attached hydrogens (tertiary/aromatic N) is 1. The maximum atomic E-state index is 12.2. The largest absolute Gasteiger partial charge is 0.409 e. The molecule has 17 heavy (non-hydrogen) atoms. The van der Waals surface area contributed by atoms with E-state index in [1.807, 2.05) is 0 Å². The van der Waals surface area contributed by atoms with Crippen molar-refractivity contribution >= 4 is 11.7 Å². The minimum absolute atomic E-state index is 0.0367. The standard InChI is InChI=1S/C12H19N3O2/c13-10(15-17)12(3-4-12)11(16)14-9-6-7-1-2-8(9)5-7/h7-9,17H,1-6H2,(H2,13,15)(H,14,16). The minimum atomic E-state index is -0.698. The first-order valence-corrected chi connectivity index (χ1v) is 6.45. The molecule has 3 aliphatic carbocycles. The summed E-state index contributed by atoms with van der Waals surface area (Å²) in [5.41, 5.74) is 4.91. The summed E-state index contributed by atoms with van der Waals surface area (Å²) < 4.78 is 0. The van der Waals surface area contributed by atoms with Gasteiger partial charge in [-0.3, -0.25) is 4.79 Å². The maximum Gasteiger partial charge on any atom is 0.234 e. The number of oxime groups is 1. The number of amides is 1. The molecule has 0 radical (unpaired) electrons. The van der Waals surface area contributed by atoms with Gasteiger partial charge >= 0.3 is 0 Å². The number of nitrogens with two attached hydrogens (primary N) is 1. The molecule has 3 aliphatic rings. The van der Waals surface area contributed by atoms with E-state index in [2.05, 4.69) is 10.5 Å². The predicted molar refractivity (Wildman–Crippen MR) is 62.5 cm³/mol. The molecule has 2 bridgehead atoms. The van der Waals surface area contributed by atoms with E-state index in [-0.39, 0.29) is 11.7 Å². The Kier molecular flexibility index (Phi) is 2.31. The molecular formula is C12H19N3O2. The zero-order valence-electron chi connectivity index (χ0n) is 9.85. The molecule has 0 aromatic rings. The number of rotatable bonds is 3. The van der Waals surface area contributed by atoms with Crippen molar-refractivity contribution in [2.45, 2.75) is 44.6 Å². The molecule has 5 nitrogen and oxygen atoms in total. The Balaban J connectivity index is 1.65. The lowest BCUT2D eigenvalue weighted by Gasteiger charge is -2.25. The molecule has 3 atom stereocenters. The van der Waals surface area contributed by atoms with Crippen LogP contribution in [0.1, 0.15) is 38.5 Å². The fourth-order valence-corrected chi connectivity index (χ4v) is 3.55. The molecule has 3 saturated carbocycles. The van der Waals surface area contributed by atoms with Gasteiger partial charge in [0.2, 0.25) is 5.91 Å². The second-order valence-corrected chi connectivity index (χ2v) is 5.82. The van der Waals surface area contributed by atoms with Crippen molar-refractivity contribution in [2.24, 2.45) is 28.1 Å². The maximum absolute atomic E-state index is 12.2. The Morgan fingerprint density at radius 1 is 1.35 bits per heavy atom. The molecule has 0 aromatic heterocycles. The van der Waals surface area contributed by atoms with Crippen molar-refractivity contribution in [3.05, 3.63) is 0 Å². The summed E-state index contributed by atoms with van der Waals surface area (Å²) in [5, 5.41) is 14.8. The monoisotopic (exact) mass is 237 g/mol. The third kappa shape index (κ3) is 1.59. The van der Waals surface area contributed by atoms with Crippen molar-refractivity contribution in [2.75, 3.05) is 0 Å². The fraction of sp³-hybridized carbons (Fsp3) is 0.833. The normalized spacial score (nSPS) is 38.1. The Labute approximate surface area is 100 Å². The molecule has 4 N–H and O–H groups in total. The van der Waals surface area contributed by atoms with Crippen LogP contribution in [0.3, 0.4) is 0 Å². The highest BCUT2D eigenvalue weighted by Gasteiger charge is 2.55. The van der Waals surface area contributed by atoms with E-state index in [9.17, 15) is 4.79 Å². The summed E-state index contributed by atoms with van der Waals surface area (Å²) in [6, 6.07) is 0.324. The summed E-state index contributed by atoms with van der Waals surface area (Å²) in [6.45, 7) is 0. The molecule has 3 rings (SSSR count). The van der Waals surface area contributed by atoms with Gasteiger partial charge in [0.05, 0.1) is 0 Å². The Morgan fingerprint density at radius 2 is 2.12 bits per heavy atom. The average Bonchev–Trinajstić information content (AvgIpc) is 2.90. The highest BCUT2D eigenvalue weighted by atomic mass is 16.4. The minimum Gasteiger partial charge on any atom is -0.409 e. The highest BCUT2D eigenvalue weighted by molar-refractivity contribution is 6.09. The molecule has 0 aliphatic heterocycles. The third-order valence-corrected chi connectivity index (χ3v) is 4.84. The topological polar surface area (TPSA) is 87.7 Å². The van der Waals surface area contributed by atoms with Gasteiger partial charge in [0.25, 0.3) is 0 Å². The van der Waals surface area contributed by atoms with Gasteiger partial charge in [0, 0.05) is 6.04 Å². The number of carbonyl (C=O) groups is 1. The van der Waals surface area contributed by atoms with Crippen LogP contribution in [0.15, 0.2) is 5.16 Å². The fourth-order valence-electron chi connectivity index (χ4n) is 3.55. The molecule has 94 valence electrons. The molecule has 0 saturated heterocycles. The summed E-state index contributed by atoms with van der Waals surface area (Å²) in [7, 11) is 0. The van der Waals surface area contributed by atoms with Crippen LogP contribution in [0.4, 0.5) is 0 Å². The van der Waals surface area contributed by atoms with Crippen LogP contribution in [0, 0.1) is 17.3 Å². The summed E-state index contributed by atoms with van der Waals surface area (Å²) in [5.74, 6) is 1.50. The number of hydrogen-bond acceptors (Lipinski definition) is 3. The SMILES string of the molecule is NC(=NO)C1(C(=O)NC2CC3CCC2C3)CC1. The van der Waals surface area contributed by atoms with Gasteiger partial charge in [0.1, 0.15) is 5.41 Å². The number of fused-ring (bicyclic) bond motifs is 2. The molecule has 0 aromatic carbocycles. The number of amidine groups is 1. The van der Waals surface area contributed by atoms with E-state index in [1.165, 1.54) is 19.3 Å². The van der Waals surface area contributed by atoms with Crippen molar-refractivity contribution in [1.82, 2.24) is 5.32 Å². The Morgan fingerprint density at radius 3 is 2.59 bits per heavy atom. The predicted octanol–water partition coefficient (Wildman–Crippen LogP) is 0.818. The lowest BCUT2D eigenvalue weighted by molar-refractivity contribution is -0.125. The van der Waals surface area contributed by atoms with Crippen molar-refractivity contribution in [3.8, 4) is 0 Å². The van der Waals surface area contributed by atoms with Gasteiger partial charge < -0.3 is 16.3 Å². The lowest BCUT2D eigenvalue weighted by atomic mass is 9.94. The first-order valence-electron chi connectivity index (χ1n) is 6.45. The molecule has 5 heteroatoms. The van der Waals surface area contributed by atoms with Gasteiger partial charge in [-0.25, -0.2) is 0 Å². The first kappa shape index (κ1) is 10.9. The van der Waals surface area contributed by atoms with E-state index in [1.54, 1.807) is 0 Å². The summed E-state index contributed by atoms with van der Waals surface area (Å²) in [4.78, 5) is 12.2. The molecule has 0 spiro atoms. The van der Waals surface area contributed by atoms with Gasteiger partial charge in [-0.05, 0) is 43.9 Å². The van der Waals surface area contributed by atoms with Crippen LogP contribution in [0.25, 0.3) is 0 Å². The Hall–Kier alpha value is -1.26. The Bertz CT molecular complexity index is 376. The number of nitrogens with one attached hydrogen (secondary N) is 1. The van der Waals surface area contributed by atoms with Crippen molar-refractivity contribution in [3.63, 3.8) is 0 Å². The number of carbonyl (C=O) groups excluding carboxylic acids is 1. The van der Waals surface area contributed by atoms with E-state index in [4.69, 9.17) is 10.9 Å². The van der Waals surface area contributed by atoms with Crippen LogP contribution in [0.2, 0.25) is 0 Å². The van der Waals surface area contributed by atoms with E-state index in [0.29, 0.717) is 24.8 Å². The zero-order chi connectivity index (χ0) is 12.0. The molecule has 3 fully saturated rings. The van der Waals surface area contributed by atoms with Crippen LogP contribution in [-0.2, 0) is 4.79 Å². The van der Waals surface area contributed by atoms with Gasteiger partial charge in [-0.1, -0.05) is 11.6 Å². The quantitative estimate of drug-likeness (QED) is 0.294. The van der Waals surface area contributed by atoms with Crippen LogP contribution in [-0.4, -0.2) is 23.0 Å². The van der Waals surface area contributed by atoms with Crippen molar-refractivity contribution in [1.29, 1.82) is 0 Å². The first-order chi connectivity index (χ1) is 8.15. The number of hydrogen-bond donors (Lipinski definition) is 3. The second kappa shape index (κ2) is 3.62. The van der Waals surface area contributed by atoms with E-state index in [0.717, 1.165) is 12.3 Å². The summed E-state index contributed by atoms with van der Waals surface area (Å²) in [6.07, 6.45) is 6.35. The van der Waals surface area contributed by atoms with Gasteiger partial charge in [-0.15, -0.1) is 0 Å². The summed E-state index contributed by atoms with van der Waals surface area (Å²) >= 11 is 0. The zero-order valence-corrected chi connectivity index (χ0v) is 9.85. The third-order valence-electron chi connectivity index (χ3n) is 4.84.